The molecule has 23 heavy (non-hydrogen) atoms. The van der Waals surface area contributed by atoms with Gasteiger partial charge in [-0.05, 0) is 43.7 Å². The SMILES string of the molecule is Cc1ccsc1-c1nc(CN2[C@@H]3CC[C@H]2CNC(=O)C3)c(C)o1. The maximum absolute atomic E-state index is 11.8. The molecular weight excluding hydrogens is 310 g/mol. The minimum absolute atomic E-state index is 0.175. The summed E-state index contributed by atoms with van der Waals surface area (Å²) in [4.78, 5) is 20.1. The van der Waals surface area contributed by atoms with E-state index in [-0.39, 0.29) is 5.91 Å². The summed E-state index contributed by atoms with van der Waals surface area (Å²) in [6.07, 6.45) is 2.86. The molecule has 2 bridgehead atoms. The van der Waals surface area contributed by atoms with Gasteiger partial charge in [-0.15, -0.1) is 11.3 Å². The molecule has 0 radical (unpaired) electrons. The Balaban J connectivity index is 1.59. The molecule has 1 N–H and O–H groups in total. The van der Waals surface area contributed by atoms with Gasteiger partial charge in [-0.1, -0.05) is 0 Å². The number of oxazole rings is 1. The van der Waals surface area contributed by atoms with Crippen LogP contribution >= 0.6 is 11.3 Å². The van der Waals surface area contributed by atoms with Gasteiger partial charge in [0.1, 0.15) is 5.76 Å². The average molecular weight is 331 g/mol. The predicted octanol–water partition coefficient (Wildman–Crippen LogP) is 2.87. The zero-order chi connectivity index (χ0) is 16.0. The second-order valence-corrected chi connectivity index (χ2v) is 7.44. The predicted molar refractivity (Wildman–Crippen MR) is 89.3 cm³/mol. The van der Waals surface area contributed by atoms with Crippen molar-refractivity contribution in [1.82, 2.24) is 15.2 Å². The van der Waals surface area contributed by atoms with Gasteiger partial charge in [-0.25, -0.2) is 4.98 Å². The Labute approximate surface area is 139 Å². The quantitative estimate of drug-likeness (QED) is 0.939. The molecule has 0 saturated carbocycles. The third kappa shape index (κ3) is 2.70. The van der Waals surface area contributed by atoms with Crippen molar-refractivity contribution < 1.29 is 9.21 Å². The van der Waals surface area contributed by atoms with Crippen LogP contribution in [0.25, 0.3) is 10.8 Å². The molecule has 2 atom stereocenters. The number of aryl methyl sites for hydroxylation is 2. The lowest BCUT2D eigenvalue weighted by Gasteiger charge is -2.26. The van der Waals surface area contributed by atoms with Crippen molar-refractivity contribution in [3.05, 3.63) is 28.5 Å². The zero-order valence-electron chi connectivity index (χ0n) is 13.5. The van der Waals surface area contributed by atoms with E-state index in [0.717, 1.165) is 48.2 Å². The lowest BCUT2D eigenvalue weighted by Crippen LogP contribution is -2.37. The zero-order valence-corrected chi connectivity index (χ0v) is 14.3. The number of nitrogens with zero attached hydrogens (tertiary/aromatic N) is 2. The van der Waals surface area contributed by atoms with Gasteiger partial charge < -0.3 is 9.73 Å². The van der Waals surface area contributed by atoms with Crippen LogP contribution in [0.4, 0.5) is 0 Å². The summed E-state index contributed by atoms with van der Waals surface area (Å²) in [5.74, 6) is 1.78. The Morgan fingerprint density at radius 3 is 3.00 bits per heavy atom. The van der Waals surface area contributed by atoms with Crippen molar-refractivity contribution in [3.8, 4) is 10.8 Å². The summed E-state index contributed by atoms with van der Waals surface area (Å²) < 4.78 is 5.91. The number of nitrogens with one attached hydrogen (secondary N) is 1. The lowest BCUT2D eigenvalue weighted by atomic mass is 10.1. The molecule has 0 unspecified atom stereocenters. The molecule has 2 aromatic rings. The number of amides is 1. The van der Waals surface area contributed by atoms with Crippen LogP contribution in [0.3, 0.4) is 0 Å². The first-order valence-corrected chi connectivity index (χ1v) is 9.03. The summed E-state index contributed by atoms with van der Waals surface area (Å²) in [6, 6.07) is 2.85. The number of aromatic nitrogens is 1. The summed E-state index contributed by atoms with van der Waals surface area (Å²) in [5, 5.41) is 5.08. The molecule has 122 valence electrons. The highest BCUT2D eigenvalue weighted by molar-refractivity contribution is 7.13. The van der Waals surface area contributed by atoms with Crippen LogP contribution in [0.5, 0.6) is 0 Å². The van der Waals surface area contributed by atoms with Crippen LogP contribution in [-0.2, 0) is 11.3 Å². The molecule has 1 amide bonds. The van der Waals surface area contributed by atoms with E-state index >= 15 is 0 Å². The second-order valence-electron chi connectivity index (χ2n) is 6.52. The number of carbonyl (C=O) groups excluding carboxylic acids is 1. The number of hydrogen-bond acceptors (Lipinski definition) is 5. The van der Waals surface area contributed by atoms with Crippen molar-refractivity contribution >= 4 is 17.2 Å². The molecule has 2 aliphatic heterocycles. The van der Waals surface area contributed by atoms with E-state index in [2.05, 4.69) is 28.6 Å². The Hall–Kier alpha value is -1.66. The minimum Gasteiger partial charge on any atom is -0.440 e. The molecule has 2 fully saturated rings. The summed E-state index contributed by atoms with van der Waals surface area (Å²) in [7, 11) is 0. The molecule has 4 rings (SSSR count). The monoisotopic (exact) mass is 331 g/mol. The van der Waals surface area contributed by atoms with Crippen molar-refractivity contribution in [2.75, 3.05) is 6.54 Å². The minimum atomic E-state index is 0.175. The van der Waals surface area contributed by atoms with Crippen molar-refractivity contribution in [3.63, 3.8) is 0 Å². The number of hydrogen-bond donors (Lipinski definition) is 1. The van der Waals surface area contributed by atoms with Crippen LogP contribution in [0, 0.1) is 13.8 Å². The molecule has 0 spiro atoms. The molecule has 0 aromatic carbocycles. The van der Waals surface area contributed by atoms with Crippen LogP contribution in [0.15, 0.2) is 15.9 Å². The first-order valence-electron chi connectivity index (χ1n) is 8.15. The Morgan fingerprint density at radius 2 is 2.22 bits per heavy atom. The van der Waals surface area contributed by atoms with Gasteiger partial charge in [-0.3, -0.25) is 9.69 Å². The maximum atomic E-state index is 11.8. The van der Waals surface area contributed by atoms with Gasteiger partial charge in [0.25, 0.3) is 0 Å². The number of fused-ring (bicyclic) bond motifs is 2. The summed E-state index contributed by atoms with van der Waals surface area (Å²) in [6.45, 7) is 5.59. The fourth-order valence-electron chi connectivity index (χ4n) is 3.67. The van der Waals surface area contributed by atoms with E-state index in [4.69, 9.17) is 9.40 Å². The maximum Gasteiger partial charge on any atom is 0.237 e. The first-order chi connectivity index (χ1) is 11.1. The van der Waals surface area contributed by atoms with Crippen molar-refractivity contribution in [2.24, 2.45) is 0 Å². The standard InChI is InChI=1S/C17H21N3O2S/c1-10-5-6-23-16(10)17-19-14(11(2)22-17)9-20-12-3-4-13(20)8-18-15(21)7-12/h5-6,12-13H,3-4,7-9H2,1-2H3,(H,18,21)/t12-,13+/m1/s1. The normalized spacial score (nSPS) is 24.7. The number of thiophene rings is 1. The topological polar surface area (TPSA) is 58.4 Å². The largest absolute Gasteiger partial charge is 0.440 e. The van der Waals surface area contributed by atoms with Crippen molar-refractivity contribution in [1.29, 1.82) is 0 Å². The van der Waals surface area contributed by atoms with Crippen LogP contribution in [-0.4, -0.2) is 34.4 Å². The second kappa shape index (κ2) is 5.76. The highest BCUT2D eigenvalue weighted by atomic mass is 32.1. The van der Waals surface area contributed by atoms with E-state index in [1.807, 2.05) is 6.92 Å². The van der Waals surface area contributed by atoms with E-state index in [1.165, 1.54) is 5.56 Å². The number of rotatable bonds is 3. The van der Waals surface area contributed by atoms with Gasteiger partial charge in [0, 0.05) is 31.6 Å². The van der Waals surface area contributed by atoms with Gasteiger partial charge in [0.15, 0.2) is 0 Å². The van der Waals surface area contributed by atoms with E-state index in [9.17, 15) is 4.79 Å². The average Bonchev–Trinajstić information content (AvgIpc) is 3.15. The lowest BCUT2D eigenvalue weighted by molar-refractivity contribution is -0.121. The third-order valence-electron chi connectivity index (χ3n) is 5.01. The molecule has 5 nitrogen and oxygen atoms in total. The van der Waals surface area contributed by atoms with E-state index in [0.29, 0.717) is 18.5 Å². The molecule has 2 saturated heterocycles. The molecule has 0 aliphatic carbocycles. The van der Waals surface area contributed by atoms with Crippen molar-refractivity contribution in [2.45, 2.75) is 51.7 Å². The van der Waals surface area contributed by atoms with Crippen LogP contribution in [0.2, 0.25) is 0 Å². The molecule has 2 aromatic heterocycles. The Morgan fingerprint density at radius 1 is 1.39 bits per heavy atom. The van der Waals surface area contributed by atoms with Gasteiger partial charge in [0.05, 0.1) is 10.6 Å². The Kier molecular flexibility index (Phi) is 3.73. The number of carbonyl (C=O) groups is 1. The van der Waals surface area contributed by atoms with Crippen LogP contribution < -0.4 is 5.32 Å². The fraction of sp³-hybridized carbons (Fsp3) is 0.529. The van der Waals surface area contributed by atoms with Gasteiger partial charge >= 0.3 is 0 Å². The van der Waals surface area contributed by atoms with E-state index < -0.39 is 0 Å². The molecule has 2 aliphatic rings. The van der Waals surface area contributed by atoms with E-state index in [1.54, 1.807) is 11.3 Å². The molecule has 6 heteroatoms. The van der Waals surface area contributed by atoms with Gasteiger partial charge in [0.2, 0.25) is 11.8 Å². The third-order valence-corrected chi connectivity index (χ3v) is 6.01. The fourth-order valence-corrected chi connectivity index (χ4v) is 4.52. The Bertz CT molecular complexity index is 736. The summed E-state index contributed by atoms with van der Waals surface area (Å²) in [5.41, 5.74) is 2.20. The highest BCUT2D eigenvalue weighted by Crippen LogP contribution is 2.33. The summed E-state index contributed by atoms with van der Waals surface area (Å²) >= 11 is 1.66. The smallest absolute Gasteiger partial charge is 0.237 e. The molecule has 4 heterocycles. The van der Waals surface area contributed by atoms with Gasteiger partial charge in [-0.2, -0.15) is 0 Å². The highest BCUT2D eigenvalue weighted by Gasteiger charge is 2.38. The molecular formula is C17H21N3O2S. The first kappa shape index (κ1) is 14.9. The van der Waals surface area contributed by atoms with Crippen LogP contribution in [0.1, 0.15) is 36.3 Å².